The van der Waals surface area contributed by atoms with E-state index in [1.54, 1.807) is 18.2 Å². The minimum Gasteiger partial charge on any atom is -0.494 e. The van der Waals surface area contributed by atoms with Crippen molar-refractivity contribution in [1.82, 2.24) is 9.13 Å². The Balaban J connectivity index is 2.50. The Hall–Kier alpha value is -2.50. The van der Waals surface area contributed by atoms with Crippen molar-refractivity contribution in [2.75, 3.05) is 12.3 Å². The van der Waals surface area contributed by atoms with E-state index >= 15 is 0 Å². The van der Waals surface area contributed by atoms with Crippen molar-refractivity contribution < 1.29 is 4.74 Å². The number of nitrogens with zero attached hydrogens (tertiary/aromatic N) is 2. The highest BCUT2D eigenvalue weighted by atomic mass is 16.5. The van der Waals surface area contributed by atoms with E-state index in [1.807, 2.05) is 13.8 Å². The van der Waals surface area contributed by atoms with E-state index in [-0.39, 0.29) is 17.8 Å². The molecule has 1 heterocycles. The van der Waals surface area contributed by atoms with Crippen LogP contribution in [0.25, 0.3) is 0 Å². The second-order valence-electron chi connectivity index (χ2n) is 4.61. The van der Waals surface area contributed by atoms with Crippen LogP contribution >= 0.6 is 0 Å². The standard InChI is InChI=1S/C15H19N3O3/c1-3-17-8-7-14(19)18(15(17)20)10-11-9-12(16)5-6-13(11)21-4-2/h5-9H,3-4,10,16H2,1-2H3. The molecule has 6 nitrogen and oxygen atoms in total. The third-order valence-electron chi connectivity index (χ3n) is 3.19. The quantitative estimate of drug-likeness (QED) is 0.835. The average Bonchev–Trinajstić information content (AvgIpc) is 2.46. The van der Waals surface area contributed by atoms with Gasteiger partial charge in [0.2, 0.25) is 0 Å². The summed E-state index contributed by atoms with van der Waals surface area (Å²) in [5.41, 5.74) is 6.38. The molecule has 1 aromatic carbocycles. The lowest BCUT2D eigenvalue weighted by atomic mass is 10.1. The summed E-state index contributed by atoms with van der Waals surface area (Å²) in [6.07, 6.45) is 1.50. The first-order valence-electron chi connectivity index (χ1n) is 6.88. The summed E-state index contributed by atoms with van der Waals surface area (Å²) in [5, 5.41) is 0. The molecule has 0 atom stereocenters. The van der Waals surface area contributed by atoms with Gasteiger partial charge in [0, 0.05) is 30.1 Å². The molecule has 0 spiro atoms. The lowest BCUT2D eigenvalue weighted by Gasteiger charge is -2.13. The van der Waals surface area contributed by atoms with E-state index in [2.05, 4.69) is 0 Å². The van der Waals surface area contributed by atoms with Crippen LogP contribution in [0.2, 0.25) is 0 Å². The van der Waals surface area contributed by atoms with Crippen molar-refractivity contribution in [3.05, 3.63) is 56.9 Å². The van der Waals surface area contributed by atoms with Gasteiger partial charge in [0.25, 0.3) is 5.56 Å². The Morgan fingerprint density at radius 3 is 2.62 bits per heavy atom. The molecule has 0 saturated heterocycles. The molecule has 21 heavy (non-hydrogen) atoms. The second kappa shape index (κ2) is 6.30. The molecule has 0 radical (unpaired) electrons. The molecule has 0 amide bonds. The predicted octanol–water partition coefficient (Wildman–Crippen LogP) is 1.06. The molecule has 0 aliphatic heterocycles. The maximum absolute atomic E-state index is 12.2. The van der Waals surface area contributed by atoms with Gasteiger partial charge >= 0.3 is 5.69 Å². The lowest BCUT2D eigenvalue weighted by molar-refractivity contribution is 0.335. The molecule has 0 fully saturated rings. The highest BCUT2D eigenvalue weighted by Crippen LogP contribution is 2.21. The largest absolute Gasteiger partial charge is 0.494 e. The number of anilines is 1. The zero-order chi connectivity index (χ0) is 15.4. The summed E-state index contributed by atoms with van der Waals surface area (Å²) in [6, 6.07) is 6.59. The smallest absolute Gasteiger partial charge is 0.331 e. The first-order chi connectivity index (χ1) is 10.1. The minimum absolute atomic E-state index is 0.138. The molecule has 2 aromatic rings. The Labute approximate surface area is 122 Å². The SMILES string of the molecule is CCOc1ccc(N)cc1Cn1c(=O)ccn(CC)c1=O. The van der Waals surface area contributed by atoms with Gasteiger partial charge in [-0.25, -0.2) is 4.79 Å². The van der Waals surface area contributed by atoms with E-state index in [1.165, 1.54) is 21.4 Å². The summed E-state index contributed by atoms with van der Waals surface area (Å²) >= 11 is 0. The van der Waals surface area contributed by atoms with Crippen LogP contribution < -0.4 is 21.7 Å². The summed E-state index contributed by atoms with van der Waals surface area (Å²) in [7, 11) is 0. The van der Waals surface area contributed by atoms with Gasteiger partial charge in [0.1, 0.15) is 5.75 Å². The maximum Gasteiger partial charge on any atom is 0.331 e. The zero-order valence-corrected chi connectivity index (χ0v) is 12.2. The number of nitrogen functional groups attached to an aromatic ring is 1. The molecule has 0 bridgehead atoms. The number of ether oxygens (including phenoxy) is 1. The monoisotopic (exact) mass is 289 g/mol. The fourth-order valence-electron chi connectivity index (χ4n) is 2.13. The van der Waals surface area contributed by atoms with Crippen LogP contribution in [0.3, 0.4) is 0 Å². The van der Waals surface area contributed by atoms with Crippen molar-refractivity contribution in [3.8, 4) is 5.75 Å². The Kier molecular flexibility index (Phi) is 4.47. The number of aryl methyl sites for hydroxylation is 1. The van der Waals surface area contributed by atoms with Crippen LogP contribution in [0.5, 0.6) is 5.75 Å². The van der Waals surface area contributed by atoms with Gasteiger partial charge in [-0.15, -0.1) is 0 Å². The van der Waals surface area contributed by atoms with E-state index in [0.29, 0.717) is 30.2 Å². The normalized spacial score (nSPS) is 10.6. The minimum atomic E-state index is -0.338. The Bertz CT molecular complexity index is 747. The Morgan fingerprint density at radius 2 is 1.95 bits per heavy atom. The third-order valence-corrected chi connectivity index (χ3v) is 3.19. The van der Waals surface area contributed by atoms with Crippen LogP contribution in [-0.4, -0.2) is 15.7 Å². The molecule has 2 rings (SSSR count). The van der Waals surface area contributed by atoms with Crippen molar-refractivity contribution in [1.29, 1.82) is 0 Å². The van der Waals surface area contributed by atoms with Crippen molar-refractivity contribution >= 4 is 5.69 Å². The molecule has 0 unspecified atom stereocenters. The van der Waals surface area contributed by atoms with Crippen LogP contribution in [-0.2, 0) is 13.1 Å². The molecule has 0 aliphatic carbocycles. The number of benzene rings is 1. The van der Waals surface area contributed by atoms with E-state index in [4.69, 9.17) is 10.5 Å². The van der Waals surface area contributed by atoms with Crippen LogP contribution in [0, 0.1) is 0 Å². The van der Waals surface area contributed by atoms with E-state index in [0.717, 1.165) is 0 Å². The van der Waals surface area contributed by atoms with Crippen LogP contribution in [0.15, 0.2) is 40.1 Å². The summed E-state index contributed by atoms with van der Waals surface area (Å²) in [5.74, 6) is 0.630. The fraction of sp³-hybridized carbons (Fsp3) is 0.333. The second-order valence-corrected chi connectivity index (χ2v) is 4.61. The van der Waals surface area contributed by atoms with Crippen molar-refractivity contribution in [2.45, 2.75) is 26.9 Å². The molecule has 0 saturated carbocycles. The van der Waals surface area contributed by atoms with Gasteiger partial charge in [0.15, 0.2) is 0 Å². The van der Waals surface area contributed by atoms with Crippen molar-refractivity contribution in [3.63, 3.8) is 0 Å². The van der Waals surface area contributed by atoms with Gasteiger partial charge in [-0.1, -0.05) is 0 Å². The average molecular weight is 289 g/mol. The van der Waals surface area contributed by atoms with E-state index < -0.39 is 0 Å². The lowest BCUT2D eigenvalue weighted by Crippen LogP contribution is -2.39. The highest BCUT2D eigenvalue weighted by Gasteiger charge is 2.10. The van der Waals surface area contributed by atoms with Crippen LogP contribution in [0.1, 0.15) is 19.4 Å². The van der Waals surface area contributed by atoms with Crippen molar-refractivity contribution in [2.24, 2.45) is 0 Å². The van der Waals surface area contributed by atoms with Gasteiger partial charge < -0.3 is 15.0 Å². The summed E-state index contributed by atoms with van der Waals surface area (Å²) < 4.78 is 8.18. The first-order valence-corrected chi connectivity index (χ1v) is 6.88. The third kappa shape index (κ3) is 3.16. The van der Waals surface area contributed by atoms with E-state index in [9.17, 15) is 9.59 Å². The van der Waals surface area contributed by atoms with Crippen LogP contribution in [0.4, 0.5) is 5.69 Å². The molecule has 1 aromatic heterocycles. The first kappa shape index (κ1) is 14.9. The van der Waals surface area contributed by atoms with Gasteiger partial charge in [-0.05, 0) is 32.0 Å². The number of hydrogen-bond acceptors (Lipinski definition) is 4. The topological polar surface area (TPSA) is 79.2 Å². The number of rotatable bonds is 5. The number of hydrogen-bond donors (Lipinski definition) is 1. The molecule has 112 valence electrons. The summed E-state index contributed by atoms with van der Waals surface area (Å²) in [4.78, 5) is 24.2. The molecule has 2 N–H and O–H groups in total. The van der Waals surface area contributed by atoms with Gasteiger partial charge in [0.05, 0.1) is 13.2 Å². The van der Waals surface area contributed by atoms with Gasteiger partial charge in [-0.3, -0.25) is 9.36 Å². The molecular formula is C15H19N3O3. The van der Waals surface area contributed by atoms with Gasteiger partial charge in [-0.2, -0.15) is 0 Å². The summed E-state index contributed by atoms with van der Waals surface area (Å²) in [6.45, 7) is 4.87. The predicted molar refractivity (Wildman–Crippen MR) is 81.8 cm³/mol. The molecular weight excluding hydrogens is 270 g/mol. The Morgan fingerprint density at radius 1 is 1.19 bits per heavy atom. The molecule has 6 heteroatoms. The fourth-order valence-corrected chi connectivity index (χ4v) is 2.13. The highest BCUT2D eigenvalue weighted by molar-refractivity contribution is 5.48. The number of aromatic nitrogens is 2. The maximum atomic E-state index is 12.2. The molecule has 0 aliphatic rings. The number of nitrogens with two attached hydrogens (primary N) is 1. The zero-order valence-electron chi connectivity index (χ0n) is 12.2.